The van der Waals surface area contributed by atoms with Gasteiger partial charge in [0.1, 0.15) is 0 Å². The molecule has 1 aromatic carbocycles. The fourth-order valence-corrected chi connectivity index (χ4v) is 3.25. The van der Waals surface area contributed by atoms with E-state index in [4.69, 9.17) is 0 Å². The predicted octanol–water partition coefficient (Wildman–Crippen LogP) is 1.56. The number of amides is 1. The number of piperidine rings is 1. The molecule has 2 aliphatic heterocycles. The molecule has 2 heterocycles. The van der Waals surface area contributed by atoms with Gasteiger partial charge in [-0.15, -0.1) is 0 Å². The van der Waals surface area contributed by atoms with Gasteiger partial charge in [-0.3, -0.25) is 9.69 Å². The summed E-state index contributed by atoms with van der Waals surface area (Å²) in [4.78, 5) is 16.6. The van der Waals surface area contributed by atoms with Gasteiger partial charge in [-0.25, -0.2) is 0 Å². The van der Waals surface area contributed by atoms with E-state index in [0.29, 0.717) is 6.54 Å². The summed E-state index contributed by atoms with van der Waals surface area (Å²) in [5, 5.41) is 9.77. The highest BCUT2D eigenvalue weighted by Gasteiger charge is 2.38. The number of hydrogen-bond acceptors (Lipinski definition) is 3. The highest BCUT2D eigenvalue weighted by molar-refractivity contribution is 5.99. The Kier molecular flexibility index (Phi) is 3.76. The molecule has 1 N–H and O–H groups in total. The van der Waals surface area contributed by atoms with Crippen molar-refractivity contribution >= 4 is 11.6 Å². The molecule has 0 bridgehead atoms. The first-order chi connectivity index (χ1) is 9.65. The zero-order valence-electron chi connectivity index (χ0n) is 12.0. The average molecular weight is 274 g/mol. The van der Waals surface area contributed by atoms with E-state index in [1.807, 2.05) is 36.1 Å². The van der Waals surface area contributed by atoms with Crippen LogP contribution in [-0.2, 0) is 4.79 Å². The Labute approximate surface area is 120 Å². The number of carbonyl (C=O) groups excluding carboxylic acids is 1. The third-order valence-corrected chi connectivity index (χ3v) is 4.39. The number of β-amino-alcohol motifs (C(OH)–C–C–N with tert-alkyl or cyclic N) is 1. The number of anilines is 1. The summed E-state index contributed by atoms with van der Waals surface area (Å²) in [7, 11) is 0. The van der Waals surface area contributed by atoms with Gasteiger partial charge < -0.3 is 10.0 Å². The van der Waals surface area contributed by atoms with Crippen LogP contribution in [0.2, 0.25) is 0 Å². The average Bonchev–Trinajstić information content (AvgIpc) is 2.82. The molecule has 2 saturated heterocycles. The monoisotopic (exact) mass is 274 g/mol. The molecule has 20 heavy (non-hydrogen) atoms. The van der Waals surface area contributed by atoms with E-state index >= 15 is 0 Å². The van der Waals surface area contributed by atoms with Crippen molar-refractivity contribution in [2.75, 3.05) is 24.5 Å². The minimum absolute atomic E-state index is 0.0498. The first kappa shape index (κ1) is 13.6. The van der Waals surface area contributed by atoms with Crippen LogP contribution < -0.4 is 4.90 Å². The first-order valence-electron chi connectivity index (χ1n) is 7.45. The standard InChI is InChI=1S/C16H22N2O2/c1-12-4-6-13(7-5-12)18-10-8-15(16(18)20)17-9-2-3-14(19)11-17/h4-7,14-15,19H,2-3,8-11H2,1H3. The number of benzene rings is 1. The van der Waals surface area contributed by atoms with Crippen LogP contribution in [0.25, 0.3) is 0 Å². The number of aryl methyl sites for hydroxylation is 1. The van der Waals surface area contributed by atoms with Crippen LogP contribution in [0.3, 0.4) is 0 Å². The molecule has 2 atom stereocenters. The number of hydrogen-bond donors (Lipinski definition) is 1. The lowest BCUT2D eigenvalue weighted by Crippen LogP contribution is -2.48. The van der Waals surface area contributed by atoms with Crippen molar-refractivity contribution in [3.8, 4) is 0 Å². The Bertz CT molecular complexity index is 486. The third-order valence-electron chi connectivity index (χ3n) is 4.39. The quantitative estimate of drug-likeness (QED) is 0.890. The molecule has 0 spiro atoms. The zero-order valence-corrected chi connectivity index (χ0v) is 12.0. The van der Waals surface area contributed by atoms with Crippen molar-refractivity contribution in [2.45, 2.75) is 38.3 Å². The molecule has 0 aliphatic carbocycles. The number of likely N-dealkylation sites (tertiary alicyclic amines) is 1. The molecule has 0 saturated carbocycles. The predicted molar refractivity (Wildman–Crippen MR) is 78.8 cm³/mol. The number of aliphatic hydroxyl groups is 1. The Morgan fingerprint density at radius 1 is 1.15 bits per heavy atom. The molecule has 3 rings (SSSR count). The van der Waals surface area contributed by atoms with Crippen LogP contribution in [0.1, 0.15) is 24.8 Å². The van der Waals surface area contributed by atoms with E-state index < -0.39 is 0 Å². The minimum atomic E-state index is -0.273. The van der Waals surface area contributed by atoms with Crippen molar-refractivity contribution in [3.05, 3.63) is 29.8 Å². The van der Waals surface area contributed by atoms with E-state index in [2.05, 4.69) is 4.90 Å². The summed E-state index contributed by atoms with van der Waals surface area (Å²) >= 11 is 0. The van der Waals surface area contributed by atoms with Gasteiger partial charge in [-0.2, -0.15) is 0 Å². The smallest absolute Gasteiger partial charge is 0.244 e. The molecule has 1 amide bonds. The fourth-order valence-electron chi connectivity index (χ4n) is 3.25. The summed E-state index contributed by atoms with van der Waals surface area (Å²) in [5.74, 6) is 0.183. The maximum Gasteiger partial charge on any atom is 0.244 e. The van der Waals surface area contributed by atoms with E-state index in [-0.39, 0.29) is 18.1 Å². The number of nitrogens with zero attached hydrogens (tertiary/aromatic N) is 2. The Balaban J connectivity index is 1.72. The Hall–Kier alpha value is -1.39. The highest BCUT2D eigenvalue weighted by atomic mass is 16.3. The minimum Gasteiger partial charge on any atom is -0.392 e. The van der Waals surface area contributed by atoms with Crippen LogP contribution >= 0.6 is 0 Å². The van der Waals surface area contributed by atoms with Crippen LogP contribution in [0.5, 0.6) is 0 Å². The van der Waals surface area contributed by atoms with Gasteiger partial charge in [0, 0.05) is 18.8 Å². The molecule has 0 radical (unpaired) electrons. The van der Waals surface area contributed by atoms with Crippen LogP contribution in [0.15, 0.2) is 24.3 Å². The van der Waals surface area contributed by atoms with Gasteiger partial charge in [0.25, 0.3) is 0 Å². The van der Waals surface area contributed by atoms with Crippen LogP contribution in [0, 0.1) is 6.92 Å². The van der Waals surface area contributed by atoms with Gasteiger partial charge in [0.2, 0.25) is 5.91 Å². The van der Waals surface area contributed by atoms with Gasteiger partial charge in [0.15, 0.2) is 0 Å². The van der Waals surface area contributed by atoms with E-state index in [1.54, 1.807) is 0 Å². The van der Waals surface area contributed by atoms with Gasteiger partial charge in [0.05, 0.1) is 12.1 Å². The normalized spacial score (nSPS) is 28.1. The molecule has 4 nitrogen and oxygen atoms in total. The molecule has 0 aromatic heterocycles. The van der Waals surface area contributed by atoms with Gasteiger partial charge in [-0.1, -0.05) is 17.7 Å². The van der Waals surface area contributed by atoms with Crippen LogP contribution in [0.4, 0.5) is 5.69 Å². The fraction of sp³-hybridized carbons (Fsp3) is 0.562. The SMILES string of the molecule is Cc1ccc(N2CCC(N3CCCC(O)C3)C2=O)cc1. The summed E-state index contributed by atoms with van der Waals surface area (Å²) in [6.07, 6.45) is 2.43. The van der Waals surface area contributed by atoms with Crippen molar-refractivity contribution in [2.24, 2.45) is 0 Å². The molecule has 1 aromatic rings. The van der Waals surface area contributed by atoms with Crippen molar-refractivity contribution in [1.29, 1.82) is 0 Å². The van der Waals surface area contributed by atoms with Gasteiger partial charge in [-0.05, 0) is 44.9 Å². The lowest BCUT2D eigenvalue weighted by molar-refractivity contribution is -0.122. The lowest BCUT2D eigenvalue weighted by Gasteiger charge is -2.33. The summed E-state index contributed by atoms with van der Waals surface area (Å²) in [5.41, 5.74) is 2.19. The maximum absolute atomic E-state index is 12.6. The first-order valence-corrected chi connectivity index (χ1v) is 7.45. The third kappa shape index (κ3) is 2.58. The molecule has 2 fully saturated rings. The van der Waals surface area contributed by atoms with Gasteiger partial charge >= 0.3 is 0 Å². The summed E-state index contributed by atoms with van der Waals surface area (Å²) in [6.45, 7) is 4.39. The largest absolute Gasteiger partial charge is 0.392 e. The highest BCUT2D eigenvalue weighted by Crippen LogP contribution is 2.26. The second kappa shape index (κ2) is 5.54. The number of carbonyl (C=O) groups is 1. The van der Waals surface area contributed by atoms with E-state index in [0.717, 1.165) is 38.0 Å². The molecular weight excluding hydrogens is 252 g/mol. The molecule has 2 aliphatic rings. The van der Waals surface area contributed by atoms with E-state index in [9.17, 15) is 9.90 Å². The van der Waals surface area contributed by atoms with E-state index in [1.165, 1.54) is 5.56 Å². The lowest BCUT2D eigenvalue weighted by atomic mass is 10.1. The number of rotatable bonds is 2. The van der Waals surface area contributed by atoms with Crippen LogP contribution in [-0.4, -0.2) is 47.7 Å². The second-order valence-corrected chi connectivity index (χ2v) is 5.92. The zero-order chi connectivity index (χ0) is 14.1. The molecule has 2 unspecified atom stereocenters. The molecular formula is C16H22N2O2. The number of aliphatic hydroxyl groups excluding tert-OH is 1. The molecule has 108 valence electrons. The topological polar surface area (TPSA) is 43.8 Å². The Morgan fingerprint density at radius 3 is 2.60 bits per heavy atom. The van der Waals surface area contributed by atoms with Crippen molar-refractivity contribution < 1.29 is 9.90 Å². The van der Waals surface area contributed by atoms with Crippen molar-refractivity contribution in [3.63, 3.8) is 0 Å². The maximum atomic E-state index is 12.6. The van der Waals surface area contributed by atoms with Crippen molar-refractivity contribution in [1.82, 2.24) is 4.90 Å². The second-order valence-electron chi connectivity index (χ2n) is 5.92. The Morgan fingerprint density at radius 2 is 1.90 bits per heavy atom. The summed E-state index contributed by atoms with van der Waals surface area (Å²) < 4.78 is 0. The summed E-state index contributed by atoms with van der Waals surface area (Å²) in [6, 6.07) is 8.06. The molecule has 4 heteroatoms.